The summed E-state index contributed by atoms with van der Waals surface area (Å²) in [6, 6.07) is 15.0. The minimum Gasteiger partial charge on any atom is -0.485 e. The van der Waals surface area contributed by atoms with Crippen molar-refractivity contribution in [3.63, 3.8) is 0 Å². The lowest BCUT2D eigenvalue weighted by Crippen LogP contribution is -2.52. The molecule has 1 aliphatic rings. The Morgan fingerprint density at radius 2 is 1.83 bits per heavy atom. The first kappa shape index (κ1) is 22.6. The third-order valence-corrected chi connectivity index (χ3v) is 6.78. The molecule has 164 valence electrons. The number of aliphatic hydroxyl groups is 1. The molecule has 6 nitrogen and oxygen atoms in total. The standard InChI is InChI=1S/C23H32N2O4S/c1-16(2)25(30(5,27)28)18-11-12-19-20(15-18)29-23(3,4)22(26)21(19)24-14-13-17-9-7-6-8-10-17/h6-12,15-16,21-22,24,26H,13-14H2,1-5H3/t21-,22+/m0/s1. The predicted octanol–water partition coefficient (Wildman–Crippen LogP) is 3.27. The van der Waals surface area contributed by atoms with Crippen molar-refractivity contribution < 1.29 is 18.3 Å². The van der Waals surface area contributed by atoms with Crippen molar-refractivity contribution in [2.75, 3.05) is 17.1 Å². The summed E-state index contributed by atoms with van der Waals surface area (Å²) in [5, 5.41) is 14.4. The zero-order valence-electron chi connectivity index (χ0n) is 18.3. The Kier molecular flexibility index (Phi) is 6.45. The highest BCUT2D eigenvalue weighted by atomic mass is 32.2. The molecule has 1 heterocycles. The second-order valence-electron chi connectivity index (χ2n) is 8.69. The predicted molar refractivity (Wildman–Crippen MR) is 121 cm³/mol. The lowest BCUT2D eigenvalue weighted by atomic mass is 9.86. The highest BCUT2D eigenvalue weighted by Crippen LogP contribution is 2.42. The van der Waals surface area contributed by atoms with Gasteiger partial charge in [0.05, 0.1) is 18.0 Å². The van der Waals surface area contributed by atoms with Crippen LogP contribution in [-0.4, -0.2) is 44.1 Å². The van der Waals surface area contributed by atoms with E-state index in [2.05, 4.69) is 17.4 Å². The van der Waals surface area contributed by atoms with Crippen molar-refractivity contribution in [2.45, 2.75) is 57.9 Å². The number of hydrogen-bond acceptors (Lipinski definition) is 5. The number of nitrogens with one attached hydrogen (secondary N) is 1. The number of hydrogen-bond donors (Lipinski definition) is 2. The number of fused-ring (bicyclic) bond motifs is 1. The van der Waals surface area contributed by atoms with Gasteiger partial charge in [0.2, 0.25) is 10.0 Å². The van der Waals surface area contributed by atoms with Gasteiger partial charge in [-0.2, -0.15) is 0 Å². The number of anilines is 1. The Bertz CT molecular complexity index is 974. The summed E-state index contributed by atoms with van der Waals surface area (Å²) in [5.41, 5.74) is 1.79. The summed E-state index contributed by atoms with van der Waals surface area (Å²) >= 11 is 0. The summed E-state index contributed by atoms with van der Waals surface area (Å²) in [6.07, 6.45) is 1.30. The van der Waals surface area contributed by atoms with E-state index in [1.165, 1.54) is 16.1 Å². The zero-order chi connectivity index (χ0) is 22.1. The van der Waals surface area contributed by atoms with Crippen molar-refractivity contribution >= 4 is 15.7 Å². The molecule has 0 saturated carbocycles. The van der Waals surface area contributed by atoms with Gasteiger partial charge in [-0.05, 0) is 52.3 Å². The second-order valence-corrected chi connectivity index (χ2v) is 10.6. The third-order valence-electron chi connectivity index (χ3n) is 5.43. The normalized spacial score (nSPS) is 20.5. The van der Waals surface area contributed by atoms with Crippen LogP contribution in [0.15, 0.2) is 48.5 Å². The maximum atomic E-state index is 12.3. The third kappa shape index (κ3) is 4.79. The number of benzene rings is 2. The molecule has 0 unspecified atom stereocenters. The van der Waals surface area contributed by atoms with Crippen LogP contribution in [0.25, 0.3) is 0 Å². The molecule has 30 heavy (non-hydrogen) atoms. The number of nitrogens with zero attached hydrogens (tertiary/aromatic N) is 1. The van der Waals surface area contributed by atoms with E-state index < -0.39 is 21.7 Å². The van der Waals surface area contributed by atoms with Crippen LogP contribution in [0.3, 0.4) is 0 Å². The van der Waals surface area contributed by atoms with Crippen LogP contribution in [0.4, 0.5) is 5.69 Å². The van der Waals surface area contributed by atoms with Crippen LogP contribution in [0.5, 0.6) is 5.75 Å². The molecule has 2 atom stereocenters. The molecule has 0 fully saturated rings. The van der Waals surface area contributed by atoms with Crippen molar-refractivity contribution in [3.8, 4) is 5.75 Å². The number of aliphatic hydroxyl groups excluding tert-OH is 1. The highest BCUT2D eigenvalue weighted by Gasteiger charge is 2.43. The molecule has 0 spiro atoms. The molecule has 7 heteroatoms. The minimum absolute atomic E-state index is 0.222. The first-order valence-corrected chi connectivity index (χ1v) is 12.1. The SMILES string of the molecule is CC(C)N(c1ccc2c(c1)OC(C)(C)[C@H](O)[C@H]2NCCc1ccccc1)S(C)(=O)=O. The van der Waals surface area contributed by atoms with E-state index in [-0.39, 0.29) is 12.1 Å². The van der Waals surface area contributed by atoms with E-state index >= 15 is 0 Å². The first-order valence-electron chi connectivity index (χ1n) is 10.3. The molecule has 2 aromatic rings. The fourth-order valence-corrected chi connectivity index (χ4v) is 5.29. The van der Waals surface area contributed by atoms with E-state index in [1.54, 1.807) is 12.1 Å². The molecular weight excluding hydrogens is 400 g/mol. The van der Waals surface area contributed by atoms with Gasteiger partial charge in [-0.1, -0.05) is 36.4 Å². The fourth-order valence-electron chi connectivity index (χ4n) is 4.03. The number of ether oxygens (including phenoxy) is 1. The maximum absolute atomic E-state index is 12.3. The molecule has 0 radical (unpaired) electrons. The number of sulfonamides is 1. The molecule has 0 bridgehead atoms. The lowest BCUT2D eigenvalue weighted by molar-refractivity contribution is -0.0643. The van der Waals surface area contributed by atoms with Crippen LogP contribution in [-0.2, 0) is 16.4 Å². The summed E-state index contributed by atoms with van der Waals surface area (Å²) in [7, 11) is -3.43. The van der Waals surface area contributed by atoms with E-state index in [0.29, 0.717) is 18.0 Å². The zero-order valence-corrected chi connectivity index (χ0v) is 19.1. The van der Waals surface area contributed by atoms with Crippen molar-refractivity contribution in [1.29, 1.82) is 0 Å². The molecule has 0 aliphatic carbocycles. The van der Waals surface area contributed by atoms with Gasteiger partial charge in [-0.3, -0.25) is 4.31 Å². The molecule has 0 saturated heterocycles. The van der Waals surface area contributed by atoms with Crippen LogP contribution in [0.2, 0.25) is 0 Å². The molecular formula is C23H32N2O4S. The van der Waals surface area contributed by atoms with Gasteiger partial charge in [0.1, 0.15) is 17.5 Å². The van der Waals surface area contributed by atoms with Crippen LogP contribution in [0.1, 0.15) is 44.9 Å². The number of rotatable bonds is 7. The second kappa shape index (κ2) is 8.57. The van der Waals surface area contributed by atoms with E-state index in [1.807, 2.05) is 52.0 Å². The summed E-state index contributed by atoms with van der Waals surface area (Å²) in [4.78, 5) is 0. The smallest absolute Gasteiger partial charge is 0.232 e. The van der Waals surface area contributed by atoms with E-state index in [9.17, 15) is 13.5 Å². The summed E-state index contributed by atoms with van der Waals surface area (Å²) in [5.74, 6) is 0.592. The summed E-state index contributed by atoms with van der Waals surface area (Å²) in [6.45, 7) is 8.06. The van der Waals surface area contributed by atoms with Crippen LogP contribution in [0, 0.1) is 0 Å². The fraction of sp³-hybridized carbons (Fsp3) is 0.478. The van der Waals surface area contributed by atoms with Gasteiger partial charge < -0.3 is 15.2 Å². The topological polar surface area (TPSA) is 78.9 Å². The van der Waals surface area contributed by atoms with Gasteiger partial charge in [0.15, 0.2) is 0 Å². The van der Waals surface area contributed by atoms with Crippen LogP contribution < -0.4 is 14.4 Å². The van der Waals surface area contributed by atoms with Gasteiger partial charge >= 0.3 is 0 Å². The van der Waals surface area contributed by atoms with Crippen LogP contribution >= 0.6 is 0 Å². The van der Waals surface area contributed by atoms with E-state index in [0.717, 1.165) is 12.0 Å². The quantitative estimate of drug-likeness (QED) is 0.702. The van der Waals surface area contributed by atoms with E-state index in [4.69, 9.17) is 4.74 Å². The Morgan fingerprint density at radius 3 is 2.43 bits per heavy atom. The average molecular weight is 433 g/mol. The largest absolute Gasteiger partial charge is 0.485 e. The van der Waals surface area contributed by atoms with Crippen molar-refractivity contribution in [3.05, 3.63) is 59.7 Å². The first-order chi connectivity index (χ1) is 14.0. The maximum Gasteiger partial charge on any atom is 0.232 e. The average Bonchev–Trinajstić information content (AvgIpc) is 2.64. The molecule has 0 amide bonds. The Morgan fingerprint density at radius 1 is 1.17 bits per heavy atom. The molecule has 2 aromatic carbocycles. The van der Waals surface area contributed by atoms with Gasteiger partial charge in [0.25, 0.3) is 0 Å². The lowest BCUT2D eigenvalue weighted by Gasteiger charge is -2.43. The highest BCUT2D eigenvalue weighted by molar-refractivity contribution is 7.92. The Balaban J connectivity index is 1.89. The van der Waals surface area contributed by atoms with Gasteiger partial charge in [-0.25, -0.2) is 8.42 Å². The Hall–Kier alpha value is -2.09. The molecule has 2 N–H and O–H groups in total. The summed E-state index contributed by atoms with van der Waals surface area (Å²) < 4.78 is 32.1. The minimum atomic E-state index is -3.43. The van der Waals surface area contributed by atoms with Gasteiger partial charge in [-0.15, -0.1) is 0 Å². The van der Waals surface area contributed by atoms with Crippen molar-refractivity contribution in [2.24, 2.45) is 0 Å². The Labute approximate surface area is 179 Å². The monoisotopic (exact) mass is 432 g/mol. The molecule has 3 rings (SSSR count). The van der Waals surface area contributed by atoms with Crippen molar-refractivity contribution in [1.82, 2.24) is 5.32 Å². The van der Waals surface area contributed by atoms with Gasteiger partial charge in [0, 0.05) is 17.7 Å². The molecule has 1 aliphatic heterocycles. The molecule has 0 aromatic heterocycles.